The highest BCUT2D eigenvalue weighted by atomic mass is 16.1. The summed E-state index contributed by atoms with van der Waals surface area (Å²) in [6.45, 7) is 3.69. The van der Waals surface area contributed by atoms with Crippen LogP contribution in [0.4, 0.5) is 11.4 Å². The number of hydrogen-bond donors (Lipinski definition) is 4. The van der Waals surface area contributed by atoms with E-state index in [-0.39, 0.29) is 0 Å². The third kappa shape index (κ3) is 3.53. The number of nitrogens with zero attached hydrogens (tertiary/aromatic N) is 4. The smallest absolute Gasteiger partial charge is 0.211 e. The number of aromatic nitrogens is 4. The maximum Gasteiger partial charge on any atom is 0.211 e. The second kappa shape index (κ2) is 8.54. The Balaban J connectivity index is 0.000000171. The molecule has 0 atom stereocenters. The normalized spacial score (nSPS) is 9.87. The van der Waals surface area contributed by atoms with Gasteiger partial charge in [-0.25, -0.2) is 9.97 Å². The predicted molar refractivity (Wildman–Crippen MR) is 110 cm³/mol. The molecule has 4 N–H and O–H groups in total. The lowest BCUT2D eigenvalue weighted by atomic mass is 10.1. The Hall–Kier alpha value is -4.70. The van der Waals surface area contributed by atoms with Gasteiger partial charge in [0, 0.05) is 22.5 Å². The summed E-state index contributed by atoms with van der Waals surface area (Å²) >= 11 is 0. The highest BCUT2D eigenvalue weighted by Gasteiger charge is 2.11. The molecule has 0 bridgehead atoms. The Morgan fingerprint density at radius 2 is 1.23 bits per heavy atom. The summed E-state index contributed by atoms with van der Waals surface area (Å²) < 4.78 is 0. The van der Waals surface area contributed by atoms with Crippen molar-refractivity contribution in [1.82, 2.24) is 19.9 Å². The molecule has 148 valence electrons. The molecule has 0 fully saturated rings. The lowest BCUT2D eigenvalue weighted by molar-refractivity contribution is -0.106. The second-order valence-corrected chi connectivity index (χ2v) is 6.19. The number of aromatic amines is 2. The van der Waals surface area contributed by atoms with Gasteiger partial charge in [0.15, 0.2) is 0 Å². The van der Waals surface area contributed by atoms with E-state index in [1.165, 1.54) is 12.7 Å². The molecule has 10 heteroatoms. The van der Waals surface area contributed by atoms with Crippen LogP contribution in [-0.4, -0.2) is 32.8 Å². The van der Waals surface area contributed by atoms with Crippen LogP contribution in [-0.2, 0) is 9.59 Å². The Kier molecular flexibility index (Phi) is 5.71. The van der Waals surface area contributed by atoms with Crippen LogP contribution in [0.1, 0.15) is 22.3 Å². The first-order valence-electron chi connectivity index (χ1n) is 8.69. The van der Waals surface area contributed by atoms with Crippen LogP contribution in [0.25, 0.3) is 22.1 Å². The molecule has 2 amide bonds. The van der Waals surface area contributed by atoms with E-state index < -0.39 is 0 Å². The number of carbonyl (C=O) groups is 2. The largest absolute Gasteiger partial charge is 0.343 e. The molecule has 4 rings (SSSR count). The molecular weight excluding hydrogens is 384 g/mol. The number of benzene rings is 2. The monoisotopic (exact) mass is 400 g/mol. The van der Waals surface area contributed by atoms with E-state index >= 15 is 0 Å². The van der Waals surface area contributed by atoms with E-state index in [0.29, 0.717) is 57.4 Å². The van der Waals surface area contributed by atoms with E-state index in [1.807, 2.05) is 13.8 Å². The van der Waals surface area contributed by atoms with E-state index in [0.717, 1.165) is 11.1 Å². The van der Waals surface area contributed by atoms with E-state index in [2.05, 4.69) is 42.7 Å². The molecule has 30 heavy (non-hydrogen) atoms. The van der Waals surface area contributed by atoms with Gasteiger partial charge >= 0.3 is 0 Å². The van der Waals surface area contributed by atoms with Gasteiger partial charge in [-0.1, -0.05) is 0 Å². The third-order valence-electron chi connectivity index (χ3n) is 4.58. The van der Waals surface area contributed by atoms with Crippen LogP contribution in [0.15, 0.2) is 24.8 Å². The number of aryl methyl sites for hydroxylation is 2. The van der Waals surface area contributed by atoms with Crippen LogP contribution < -0.4 is 10.6 Å². The molecule has 0 unspecified atom stereocenters. The zero-order valence-electron chi connectivity index (χ0n) is 16.1. The molecular formula is C20H16N8O2. The predicted octanol–water partition coefficient (Wildman–Crippen LogP) is 2.62. The molecule has 0 saturated carbocycles. The average Bonchev–Trinajstić information content (AvgIpc) is 3.43. The van der Waals surface area contributed by atoms with Crippen molar-refractivity contribution in [2.75, 3.05) is 10.6 Å². The molecule has 0 spiro atoms. The first-order chi connectivity index (χ1) is 14.5. The molecule has 2 heterocycles. The summed E-state index contributed by atoms with van der Waals surface area (Å²) in [5.74, 6) is 0. The summed E-state index contributed by atoms with van der Waals surface area (Å²) in [4.78, 5) is 34.8. The van der Waals surface area contributed by atoms with Gasteiger partial charge in [0.05, 0.1) is 45.8 Å². The van der Waals surface area contributed by atoms with Crippen molar-refractivity contribution >= 4 is 46.3 Å². The molecule has 0 aliphatic rings. The lowest BCUT2D eigenvalue weighted by Gasteiger charge is -2.05. The quantitative estimate of drug-likeness (QED) is 0.385. The Morgan fingerprint density at radius 1 is 0.833 bits per heavy atom. The molecule has 10 nitrogen and oxygen atoms in total. The zero-order chi connectivity index (χ0) is 21.7. The highest BCUT2D eigenvalue weighted by Crippen LogP contribution is 2.26. The molecule has 2 aromatic heterocycles. The minimum absolute atomic E-state index is 0.470. The number of fused-ring (bicyclic) bond motifs is 2. The van der Waals surface area contributed by atoms with Crippen LogP contribution in [0.2, 0.25) is 0 Å². The van der Waals surface area contributed by atoms with Gasteiger partial charge in [-0.15, -0.1) is 0 Å². The van der Waals surface area contributed by atoms with Crippen molar-refractivity contribution in [2.45, 2.75) is 13.8 Å². The van der Waals surface area contributed by atoms with Crippen molar-refractivity contribution in [1.29, 1.82) is 10.5 Å². The number of rotatable bonds is 4. The minimum atomic E-state index is 0.470. The van der Waals surface area contributed by atoms with Crippen molar-refractivity contribution in [3.63, 3.8) is 0 Å². The number of carbonyl (C=O) groups excluding carboxylic acids is 2. The fourth-order valence-electron chi connectivity index (χ4n) is 3.08. The number of amides is 2. The number of hydrogen-bond acceptors (Lipinski definition) is 6. The molecule has 4 aromatic rings. The third-order valence-corrected chi connectivity index (χ3v) is 4.58. The summed E-state index contributed by atoms with van der Waals surface area (Å²) in [6, 6.07) is 7.37. The summed E-state index contributed by atoms with van der Waals surface area (Å²) in [5, 5.41) is 22.9. The van der Waals surface area contributed by atoms with Crippen LogP contribution in [0.3, 0.4) is 0 Å². The van der Waals surface area contributed by atoms with Crippen molar-refractivity contribution in [3.8, 4) is 12.1 Å². The lowest BCUT2D eigenvalue weighted by Crippen LogP contribution is -1.98. The number of anilines is 2. The molecule has 0 aliphatic heterocycles. The van der Waals surface area contributed by atoms with Crippen molar-refractivity contribution in [2.24, 2.45) is 0 Å². The number of nitriles is 2. The minimum Gasteiger partial charge on any atom is -0.343 e. The van der Waals surface area contributed by atoms with Crippen molar-refractivity contribution < 1.29 is 9.59 Å². The first kappa shape index (κ1) is 20.0. The van der Waals surface area contributed by atoms with E-state index in [4.69, 9.17) is 10.5 Å². The average molecular weight is 400 g/mol. The van der Waals surface area contributed by atoms with E-state index in [9.17, 15) is 9.59 Å². The van der Waals surface area contributed by atoms with Gasteiger partial charge < -0.3 is 20.6 Å². The van der Waals surface area contributed by atoms with E-state index in [1.54, 1.807) is 12.1 Å². The molecule has 0 aliphatic carbocycles. The number of H-pyrrole nitrogens is 2. The van der Waals surface area contributed by atoms with Gasteiger partial charge in [-0.2, -0.15) is 10.5 Å². The molecule has 2 aromatic carbocycles. The van der Waals surface area contributed by atoms with Crippen LogP contribution in [0.5, 0.6) is 0 Å². The maximum atomic E-state index is 10.4. The Bertz CT molecular complexity index is 1230. The fraction of sp³-hybridized carbons (Fsp3) is 0.100. The first-order valence-corrected chi connectivity index (χ1v) is 8.69. The molecule has 0 radical (unpaired) electrons. The number of imidazole rings is 2. The van der Waals surface area contributed by atoms with Crippen LogP contribution in [0, 0.1) is 36.5 Å². The van der Waals surface area contributed by atoms with Crippen LogP contribution >= 0.6 is 0 Å². The zero-order valence-corrected chi connectivity index (χ0v) is 16.1. The standard InChI is InChI=1S/2C10H8N4O/c2*1-6-8(14-5-15)2-7(3-11)10-9(6)12-4-13-10/h2*2,4-5H,1H3,(H,12,13)(H,14,15). The highest BCUT2D eigenvalue weighted by molar-refractivity contribution is 5.92. The van der Waals surface area contributed by atoms with Gasteiger partial charge in [0.2, 0.25) is 12.8 Å². The van der Waals surface area contributed by atoms with Crippen molar-refractivity contribution in [3.05, 3.63) is 47.0 Å². The Morgan fingerprint density at radius 3 is 1.57 bits per heavy atom. The summed E-state index contributed by atoms with van der Waals surface area (Å²) in [5.41, 5.74) is 6.67. The second-order valence-electron chi connectivity index (χ2n) is 6.19. The topological polar surface area (TPSA) is 163 Å². The number of nitrogens with one attached hydrogen (secondary N) is 4. The molecule has 0 saturated heterocycles. The van der Waals surface area contributed by atoms with Gasteiger partial charge in [-0.3, -0.25) is 9.59 Å². The SMILES string of the molecule is Cc1c(NC=O)cc(C#N)c2[nH]cnc12.Cc1c(NC=O)cc(C#N)c2[nH]cnc12. The van der Waals surface area contributed by atoms with Gasteiger partial charge in [0.25, 0.3) is 0 Å². The summed E-state index contributed by atoms with van der Waals surface area (Å²) in [7, 11) is 0. The Labute approximate surface area is 170 Å². The van der Waals surface area contributed by atoms with Gasteiger partial charge in [0.1, 0.15) is 12.1 Å². The fourth-order valence-corrected chi connectivity index (χ4v) is 3.08. The van der Waals surface area contributed by atoms with Gasteiger partial charge in [-0.05, 0) is 26.0 Å². The maximum absolute atomic E-state index is 10.4. The summed E-state index contributed by atoms with van der Waals surface area (Å²) in [6.07, 6.45) is 4.23.